The molecule has 0 saturated carbocycles. The van der Waals surface area contributed by atoms with Gasteiger partial charge in [0, 0.05) is 11.7 Å². The highest BCUT2D eigenvalue weighted by atomic mass is 15.1. The second-order valence-corrected chi connectivity index (χ2v) is 4.14. The van der Waals surface area contributed by atoms with Crippen molar-refractivity contribution >= 4 is 0 Å². The van der Waals surface area contributed by atoms with Crippen molar-refractivity contribution in [1.29, 1.82) is 10.5 Å². The zero-order chi connectivity index (χ0) is 13.8. The summed E-state index contributed by atoms with van der Waals surface area (Å²) in [6.45, 7) is 2.03. The third kappa shape index (κ3) is 2.33. The van der Waals surface area contributed by atoms with Crippen molar-refractivity contribution in [1.82, 2.24) is 9.55 Å². The number of hydrogen-bond acceptors (Lipinski definition) is 4. The number of benzene rings is 1. The van der Waals surface area contributed by atoms with Crippen LogP contribution >= 0.6 is 0 Å². The molecule has 0 aliphatic rings. The topological polar surface area (TPSA) is 91.4 Å². The summed E-state index contributed by atoms with van der Waals surface area (Å²) < 4.78 is 1.60. The molecule has 2 rings (SSSR count). The molecular weight excluding hydrogens is 238 g/mol. The van der Waals surface area contributed by atoms with Gasteiger partial charge < -0.3 is 5.73 Å². The molecule has 1 heterocycles. The lowest BCUT2D eigenvalue weighted by atomic mass is 10.1. The van der Waals surface area contributed by atoms with Gasteiger partial charge in [0.1, 0.15) is 18.5 Å². The smallest absolute Gasteiger partial charge is 0.177 e. The Kier molecular flexibility index (Phi) is 3.61. The van der Waals surface area contributed by atoms with Crippen molar-refractivity contribution in [3.63, 3.8) is 0 Å². The van der Waals surface area contributed by atoms with Crippen LogP contribution in [0.3, 0.4) is 0 Å². The van der Waals surface area contributed by atoms with Gasteiger partial charge in [0.2, 0.25) is 0 Å². The van der Waals surface area contributed by atoms with E-state index < -0.39 is 0 Å². The average molecular weight is 251 g/mol. The highest BCUT2D eigenvalue weighted by Gasteiger charge is 2.11. The molecule has 0 saturated heterocycles. The van der Waals surface area contributed by atoms with E-state index in [4.69, 9.17) is 16.3 Å². The Morgan fingerprint density at radius 3 is 2.47 bits per heavy atom. The summed E-state index contributed by atoms with van der Waals surface area (Å²) in [7, 11) is 0. The van der Waals surface area contributed by atoms with Crippen molar-refractivity contribution in [3.05, 3.63) is 47.5 Å². The molecule has 2 aromatic rings. The van der Waals surface area contributed by atoms with Crippen LogP contribution in [0.1, 0.15) is 36.3 Å². The minimum Gasteiger partial charge on any atom is -0.324 e. The van der Waals surface area contributed by atoms with E-state index in [1.807, 2.05) is 43.3 Å². The van der Waals surface area contributed by atoms with Crippen LogP contribution in [-0.4, -0.2) is 9.55 Å². The van der Waals surface area contributed by atoms with Gasteiger partial charge in [-0.1, -0.05) is 19.1 Å². The Morgan fingerprint density at radius 1 is 1.26 bits per heavy atom. The first-order valence-electron chi connectivity index (χ1n) is 5.94. The first-order valence-corrected chi connectivity index (χ1v) is 5.94. The summed E-state index contributed by atoms with van der Waals surface area (Å²) in [4.78, 5) is 3.91. The third-order valence-electron chi connectivity index (χ3n) is 3.02. The van der Waals surface area contributed by atoms with E-state index in [-0.39, 0.29) is 17.4 Å². The Morgan fingerprint density at radius 2 is 1.95 bits per heavy atom. The first kappa shape index (κ1) is 12.8. The molecule has 1 atom stereocenters. The SMILES string of the molecule is CC[C@H](N)c1ccc(-n2cnc(C#N)c2C#N)cc1. The zero-order valence-corrected chi connectivity index (χ0v) is 10.5. The molecule has 0 amide bonds. The molecule has 94 valence electrons. The summed E-state index contributed by atoms with van der Waals surface area (Å²) in [5.41, 5.74) is 8.17. The lowest BCUT2D eigenvalue weighted by Crippen LogP contribution is -2.08. The Bertz CT molecular complexity index is 655. The van der Waals surface area contributed by atoms with Crippen molar-refractivity contribution in [2.24, 2.45) is 5.73 Å². The van der Waals surface area contributed by atoms with E-state index in [1.165, 1.54) is 6.33 Å². The van der Waals surface area contributed by atoms with E-state index in [0.29, 0.717) is 0 Å². The number of nitrogens with zero attached hydrogens (tertiary/aromatic N) is 4. The maximum atomic E-state index is 9.08. The number of hydrogen-bond donors (Lipinski definition) is 1. The van der Waals surface area contributed by atoms with Crippen LogP contribution in [0, 0.1) is 22.7 Å². The highest BCUT2D eigenvalue weighted by molar-refractivity contribution is 5.45. The van der Waals surface area contributed by atoms with Gasteiger partial charge >= 0.3 is 0 Å². The number of aromatic nitrogens is 2. The molecule has 5 nitrogen and oxygen atoms in total. The van der Waals surface area contributed by atoms with Gasteiger partial charge in [-0.3, -0.25) is 4.57 Å². The van der Waals surface area contributed by atoms with E-state index in [0.717, 1.165) is 17.7 Å². The molecule has 0 unspecified atom stereocenters. The second-order valence-electron chi connectivity index (χ2n) is 4.14. The van der Waals surface area contributed by atoms with Gasteiger partial charge in [-0.2, -0.15) is 10.5 Å². The summed E-state index contributed by atoms with van der Waals surface area (Å²) in [5.74, 6) is 0. The predicted molar refractivity (Wildman–Crippen MR) is 70.2 cm³/mol. The Hall–Kier alpha value is -2.63. The predicted octanol–water partition coefficient (Wildman–Crippen LogP) is 2.03. The maximum absolute atomic E-state index is 9.08. The van der Waals surface area contributed by atoms with E-state index in [2.05, 4.69) is 4.98 Å². The second kappa shape index (κ2) is 5.34. The summed E-state index contributed by atoms with van der Waals surface area (Å²) in [5, 5.41) is 17.9. The van der Waals surface area contributed by atoms with Crippen molar-refractivity contribution in [3.8, 4) is 17.8 Å². The van der Waals surface area contributed by atoms with E-state index >= 15 is 0 Å². The minimum atomic E-state index is 0.0157. The molecular formula is C14H13N5. The fourth-order valence-corrected chi connectivity index (χ4v) is 1.85. The van der Waals surface area contributed by atoms with Crippen LogP contribution in [0.5, 0.6) is 0 Å². The van der Waals surface area contributed by atoms with E-state index in [1.54, 1.807) is 4.57 Å². The Labute approximate surface area is 111 Å². The molecule has 0 aliphatic heterocycles. The van der Waals surface area contributed by atoms with Gasteiger partial charge in [-0.25, -0.2) is 4.98 Å². The average Bonchev–Trinajstić information content (AvgIpc) is 2.89. The quantitative estimate of drug-likeness (QED) is 0.903. The number of nitriles is 2. The first-order chi connectivity index (χ1) is 9.21. The third-order valence-corrected chi connectivity index (χ3v) is 3.02. The number of nitrogens with two attached hydrogens (primary N) is 1. The van der Waals surface area contributed by atoms with Crippen LogP contribution in [0.4, 0.5) is 0 Å². The van der Waals surface area contributed by atoms with Crippen LogP contribution in [-0.2, 0) is 0 Å². The summed E-state index contributed by atoms with van der Waals surface area (Å²) in [6, 6.07) is 11.5. The fourth-order valence-electron chi connectivity index (χ4n) is 1.85. The standard InChI is InChI=1S/C14H13N5/c1-2-12(17)10-3-5-11(6-4-10)19-9-18-13(7-15)14(19)8-16/h3-6,9,12H,2,17H2,1H3/t12-/m0/s1. The zero-order valence-electron chi connectivity index (χ0n) is 10.5. The molecule has 5 heteroatoms. The van der Waals surface area contributed by atoms with Crippen LogP contribution in [0.25, 0.3) is 5.69 Å². The molecule has 0 bridgehead atoms. The molecule has 0 aliphatic carbocycles. The van der Waals surface area contributed by atoms with Gasteiger partial charge in [0.05, 0.1) is 0 Å². The lowest BCUT2D eigenvalue weighted by Gasteiger charge is -2.10. The van der Waals surface area contributed by atoms with Crippen LogP contribution in [0.2, 0.25) is 0 Å². The fraction of sp³-hybridized carbons (Fsp3) is 0.214. The molecule has 1 aromatic heterocycles. The summed E-state index contributed by atoms with van der Waals surface area (Å²) >= 11 is 0. The highest BCUT2D eigenvalue weighted by Crippen LogP contribution is 2.18. The molecule has 0 fully saturated rings. The largest absolute Gasteiger partial charge is 0.324 e. The van der Waals surface area contributed by atoms with E-state index in [9.17, 15) is 0 Å². The van der Waals surface area contributed by atoms with Crippen molar-refractivity contribution < 1.29 is 0 Å². The van der Waals surface area contributed by atoms with Gasteiger partial charge in [-0.15, -0.1) is 0 Å². The molecule has 1 aromatic carbocycles. The van der Waals surface area contributed by atoms with Crippen LogP contribution < -0.4 is 5.73 Å². The van der Waals surface area contributed by atoms with Gasteiger partial charge in [-0.05, 0) is 24.1 Å². The van der Waals surface area contributed by atoms with Crippen molar-refractivity contribution in [2.75, 3.05) is 0 Å². The summed E-state index contributed by atoms with van der Waals surface area (Å²) in [6.07, 6.45) is 2.35. The number of imidazole rings is 1. The normalized spacial score (nSPS) is 11.6. The van der Waals surface area contributed by atoms with Crippen LogP contribution in [0.15, 0.2) is 30.6 Å². The molecule has 2 N–H and O–H groups in total. The van der Waals surface area contributed by atoms with Gasteiger partial charge in [0.25, 0.3) is 0 Å². The molecule has 19 heavy (non-hydrogen) atoms. The Balaban J connectivity index is 2.42. The number of rotatable bonds is 3. The lowest BCUT2D eigenvalue weighted by molar-refractivity contribution is 0.698. The minimum absolute atomic E-state index is 0.0157. The van der Waals surface area contributed by atoms with Gasteiger partial charge in [0.15, 0.2) is 11.4 Å². The maximum Gasteiger partial charge on any atom is 0.177 e. The molecule has 0 spiro atoms. The molecule has 0 radical (unpaired) electrons. The monoisotopic (exact) mass is 251 g/mol. The van der Waals surface area contributed by atoms with Crippen molar-refractivity contribution in [2.45, 2.75) is 19.4 Å².